The molecule has 2 amide bonds. The van der Waals surface area contributed by atoms with Gasteiger partial charge in [0.15, 0.2) is 0 Å². The minimum atomic E-state index is -0.743. The first-order valence-corrected chi connectivity index (χ1v) is 13.9. The molecule has 1 saturated carbocycles. The second kappa shape index (κ2) is 14.8. The molecule has 2 aliphatic heterocycles. The predicted octanol–water partition coefficient (Wildman–Crippen LogP) is 1.66. The first-order chi connectivity index (χ1) is 17.8. The number of carbonyl (C=O) groups is 2. The van der Waals surface area contributed by atoms with Crippen molar-refractivity contribution >= 4 is 18.0 Å². The smallest absolute Gasteiger partial charge is 0.413 e. The van der Waals surface area contributed by atoms with Crippen LogP contribution in [-0.2, 0) is 19.0 Å². The molecule has 1 unspecified atom stereocenters. The van der Waals surface area contributed by atoms with Crippen LogP contribution in [0.25, 0.3) is 0 Å². The number of methoxy groups -OCH3 is 1. The number of nitrogens with two attached hydrogens (primary N) is 1. The Kier molecular flexibility index (Phi) is 11.9. The lowest BCUT2D eigenvalue weighted by Crippen LogP contribution is -2.62. The van der Waals surface area contributed by atoms with E-state index in [1.165, 1.54) is 19.3 Å². The number of likely N-dealkylation sites (tertiary alicyclic amines) is 1. The Morgan fingerprint density at radius 2 is 1.81 bits per heavy atom. The minimum absolute atomic E-state index is 0.00749. The number of aliphatic imine (C=N–C) groups is 1. The average Bonchev–Trinajstić information content (AvgIpc) is 2.90. The number of hydrogen-bond donors (Lipinski definition) is 3. The van der Waals surface area contributed by atoms with Crippen LogP contribution >= 0.6 is 0 Å². The summed E-state index contributed by atoms with van der Waals surface area (Å²) in [6.45, 7) is 6.02. The Morgan fingerprint density at radius 3 is 2.46 bits per heavy atom. The zero-order valence-electron chi connectivity index (χ0n) is 23.0. The van der Waals surface area contributed by atoms with Gasteiger partial charge in [0.1, 0.15) is 6.04 Å². The molecule has 0 aromatic rings. The maximum atomic E-state index is 13.6. The van der Waals surface area contributed by atoms with E-state index in [1.54, 1.807) is 7.11 Å². The monoisotopic (exact) mass is 524 g/mol. The third-order valence-corrected chi connectivity index (χ3v) is 7.80. The number of ether oxygens (including phenoxy) is 3. The molecule has 11 nitrogen and oxygen atoms in total. The van der Waals surface area contributed by atoms with Crippen molar-refractivity contribution in [2.45, 2.75) is 82.5 Å². The maximum absolute atomic E-state index is 13.6. The molecule has 3 rings (SSSR count). The number of nitrogens with one attached hydrogen (secondary N) is 2. The highest BCUT2D eigenvalue weighted by atomic mass is 16.6. The third-order valence-electron chi connectivity index (χ3n) is 7.80. The number of guanidine groups is 1. The normalized spacial score (nSPS) is 23.2. The lowest BCUT2D eigenvalue weighted by atomic mass is 9.84. The highest BCUT2D eigenvalue weighted by Crippen LogP contribution is 2.29. The van der Waals surface area contributed by atoms with E-state index in [0.29, 0.717) is 63.9 Å². The molecule has 212 valence electrons. The molecule has 2 atom stereocenters. The summed E-state index contributed by atoms with van der Waals surface area (Å²) < 4.78 is 16.1. The summed E-state index contributed by atoms with van der Waals surface area (Å²) in [5.74, 6) is 0.610. The second-order valence-electron chi connectivity index (χ2n) is 10.9. The van der Waals surface area contributed by atoms with Crippen LogP contribution in [0.15, 0.2) is 4.99 Å². The van der Waals surface area contributed by atoms with Crippen LogP contribution in [-0.4, -0.2) is 106 Å². The van der Waals surface area contributed by atoms with Gasteiger partial charge in [-0.3, -0.25) is 10.1 Å². The summed E-state index contributed by atoms with van der Waals surface area (Å²) in [7, 11) is 3.69. The van der Waals surface area contributed by atoms with E-state index < -0.39 is 17.8 Å². The Hall–Kier alpha value is -1.95. The molecule has 1 aliphatic carbocycles. The maximum Gasteiger partial charge on any atom is 0.413 e. The van der Waals surface area contributed by atoms with Gasteiger partial charge in [-0.05, 0) is 39.2 Å². The summed E-state index contributed by atoms with van der Waals surface area (Å²) in [6, 6.07) is -0.644. The van der Waals surface area contributed by atoms with E-state index >= 15 is 0 Å². The molecule has 0 aromatic heterocycles. The van der Waals surface area contributed by atoms with Crippen molar-refractivity contribution in [2.24, 2.45) is 16.6 Å². The number of alkyl carbamates (subject to hydrolysis) is 1. The molecule has 3 fully saturated rings. The number of piperidine rings is 1. The fourth-order valence-electron chi connectivity index (χ4n) is 5.11. The SMILES string of the molecule is COC(C)CCOC(=O)NC(=N[C@@H](CC1CCCCC1)C(=O)NC1(N)CCN(C)CC1)N1CCOCC1. The van der Waals surface area contributed by atoms with Crippen LogP contribution in [0.3, 0.4) is 0 Å². The van der Waals surface area contributed by atoms with Crippen LogP contribution in [0.4, 0.5) is 4.79 Å². The largest absolute Gasteiger partial charge is 0.449 e. The van der Waals surface area contributed by atoms with Crippen molar-refractivity contribution in [3.63, 3.8) is 0 Å². The average molecular weight is 525 g/mol. The number of amides is 2. The summed E-state index contributed by atoms with van der Waals surface area (Å²) in [5.41, 5.74) is 5.86. The molecule has 0 aromatic carbocycles. The molecular weight excluding hydrogens is 476 g/mol. The van der Waals surface area contributed by atoms with E-state index in [9.17, 15) is 9.59 Å². The highest BCUT2D eigenvalue weighted by Gasteiger charge is 2.35. The predicted molar refractivity (Wildman–Crippen MR) is 142 cm³/mol. The number of rotatable bonds is 9. The van der Waals surface area contributed by atoms with Gasteiger partial charge in [-0.25, -0.2) is 9.79 Å². The summed E-state index contributed by atoms with van der Waals surface area (Å²) >= 11 is 0. The number of hydrogen-bond acceptors (Lipinski definition) is 8. The van der Waals surface area contributed by atoms with Crippen LogP contribution in [0, 0.1) is 5.92 Å². The van der Waals surface area contributed by atoms with Gasteiger partial charge in [0.2, 0.25) is 11.9 Å². The van der Waals surface area contributed by atoms with Gasteiger partial charge in [-0.15, -0.1) is 0 Å². The summed E-state index contributed by atoms with van der Waals surface area (Å²) in [6.07, 6.45) is 7.80. The molecule has 2 saturated heterocycles. The van der Waals surface area contributed by atoms with Gasteiger partial charge >= 0.3 is 6.09 Å². The Morgan fingerprint density at radius 1 is 1.14 bits per heavy atom. The van der Waals surface area contributed by atoms with Crippen LogP contribution in [0.5, 0.6) is 0 Å². The highest BCUT2D eigenvalue weighted by molar-refractivity contribution is 5.96. The zero-order valence-corrected chi connectivity index (χ0v) is 23.0. The standard InChI is InChI=1S/C26H48N6O5/c1-20(35-3)9-16-37-25(34)29-24(32-14-17-36-18-15-32)28-22(19-21-7-5-4-6-8-21)23(33)30-26(27)10-12-31(2)13-11-26/h20-22H,4-19,27H2,1-3H3,(H,30,33)(H,28,29,34)/t20?,22-/m0/s1. The minimum Gasteiger partial charge on any atom is -0.449 e. The third kappa shape index (κ3) is 10.0. The van der Waals surface area contributed by atoms with Gasteiger partial charge in [-0.2, -0.15) is 0 Å². The Labute approximate surface area is 221 Å². The van der Waals surface area contributed by atoms with E-state index in [1.807, 2.05) is 11.8 Å². The number of morpholine rings is 1. The van der Waals surface area contributed by atoms with E-state index in [0.717, 1.165) is 25.9 Å². The summed E-state index contributed by atoms with van der Waals surface area (Å²) in [4.78, 5) is 35.4. The van der Waals surface area contributed by atoms with Crippen molar-refractivity contribution in [3.05, 3.63) is 0 Å². The van der Waals surface area contributed by atoms with Crippen LogP contribution in [0.2, 0.25) is 0 Å². The first kappa shape index (κ1) is 29.6. The van der Waals surface area contributed by atoms with Crippen molar-refractivity contribution < 1.29 is 23.8 Å². The molecule has 0 spiro atoms. The van der Waals surface area contributed by atoms with Gasteiger partial charge in [0.05, 0.1) is 31.6 Å². The van der Waals surface area contributed by atoms with Gasteiger partial charge in [-0.1, -0.05) is 32.1 Å². The van der Waals surface area contributed by atoms with Crippen molar-refractivity contribution in [1.29, 1.82) is 0 Å². The molecule has 37 heavy (non-hydrogen) atoms. The topological polar surface area (TPSA) is 131 Å². The Balaban J connectivity index is 1.76. The lowest BCUT2D eigenvalue weighted by Gasteiger charge is -2.39. The van der Waals surface area contributed by atoms with Crippen LogP contribution < -0.4 is 16.4 Å². The molecule has 2 heterocycles. The van der Waals surface area contributed by atoms with Crippen molar-refractivity contribution in [1.82, 2.24) is 20.4 Å². The lowest BCUT2D eigenvalue weighted by molar-refractivity contribution is -0.125. The first-order valence-electron chi connectivity index (χ1n) is 13.9. The fourth-order valence-corrected chi connectivity index (χ4v) is 5.11. The van der Waals surface area contributed by atoms with Gasteiger partial charge in [0, 0.05) is 39.7 Å². The van der Waals surface area contributed by atoms with Gasteiger partial charge in [0.25, 0.3) is 0 Å². The van der Waals surface area contributed by atoms with Gasteiger partial charge < -0.3 is 35.1 Å². The molecule has 0 bridgehead atoms. The summed E-state index contributed by atoms with van der Waals surface area (Å²) in [5, 5.41) is 5.94. The second-order valence-corrected chi connectivity index (χ2v) is 10.9. The Bertz CT molecular complexity index is 746. The molecule has 3 aliphatic rings. The molecule has 4 N–H and O–H groups in total. The molecule has 11 heteroatoms. The van der Waals surface area contributed by atoms with E-state index in [-0.39, 0.29) is 18.6 Å². The van der Waals surface area contributed by atoms with Crippen molar-refractivity contribution in [3.8, 4) is 0 Å². The molecule has 0 radical (unpaired) electrons. The number of nitrogens with zero attached hydrogens (tertiary/aromatic N) is 3. The zero-order chi connectivity index (χ0) is 26.7. The quantitative estimate of drug-likeness (QED) is 0.236. The van der Waals surface area contributed by atoms with Crippen molar-refractivity contribution in [2.75, 3.05) is 60.2 Å². The van der Waals surface area contributed by atoms with E-state index in [4.69, 9.17) is 24.9 Å². The molecular formula is C26H48N6O5. The van der Waals surface area contributed by atoms with E-state index in [2.05, 4.69) is 22.6 Å². The fraction of sp³-hybridized carbons (Fsp3) is 0.885. The van der Waals surface area contributed by atoms with Crippen LogP contribution in [0.1, 0.15) is 64.7 Å². The number of carbonyl (C=O) groups excluding carboxylic acids is 2.